The van der Waals surface area contributed by atoms with Crippen molar-refractivity contribution in [3.8, 4) is 0 Å². The van der Waals surface area contributed by atoms with E-state index < -0.39 is 18.3 Å². The zero-order valence-electron chi connectivity index (χ0n) is 7.32. The van der Waals surface area contributed by atoms with Gasteiger partial charge in [0.05, 0.1) is 0 Å². The van der Waals surface area contributed by atoms with Gasteiger partial charge in [-0.05, 0) is 7.05 Å². The Morgan fingerprint density at radius 2 is 1.86 bits per heavy atom. The van der Waals surface area contributed by atoms with Crippen LogP contribution in [0.3, 0.4) is 0 Å². The molecule has 3 nitrogen and oxygen atoms in total. The fourth-order valence-corrected chi connectivity index (χ4v) is 0.518. The van der Waals surface area contributed by atoms with Gasteiger partial charge in [0.1, 0.15) is 0 Å². The van der Waals surface area contributed by atoms with Crippen LogP contribution in [0.15, 0.2) is 0 Å². The number of nitrogens with one attached hydrogen (secondary N) is 2. The van der Waals surface area contributed by atoms with E-state index in [1.165, 1.54) is 7.05 Å². The second kappa shape index (κ2) is 6.83. The summed E-state index contributed by atoms with van der Waals surface area (Å²) in [6.07, 6.45) is -3.97. The predicted octanol–water partition coefficient (Wildman–Crippen LogP) is 0.644. The minimum absolute atomic E-state index is 0. The summed E-state index contributed by atoms with van der Waals surface area (Å²) in [6, 6.07) is 0. The van der Waals surface area contributed by atoms with Crippen LogP contribution in [0.1, 0.15) is 0 Å². The van der Waals surface area contributed by atoms with Crippen LogP contribution in [0.4, 0.5) is 17.6 Å². The topological polar surface area (TPSA) is 41.1 Å². The van der Waals surface area contributed by atoms with E-state index in [0.29, 0.717) is 0 Å². The molecule has 0 spiro atoms. The Hall–Kier alpha value is -0.560. The third kappa shape index (κ3) is 4.61. The van der Waals surface area contributed by atoms with E-state index in [-0.39, 0.29) is 25.5 Å². The monoisotopic (exact) mass is 238 g/mol. The Kier molecular flexibility index (Phi) is 7.75. The molecule has 86 valence electrons. The van der Waals surface area contributed by atoms with Crippen LogP contribution in [0, 0.1) is 0 Å². The largest absolute Gasteiger partial charge is 0.383 e. The van der Waals surface area contributed by atoms with Crippen LogP contribution in [0.5, 0.6) is 0 Å². The van der Waals surface area contributed by atoms with Gasteiger partial charge < -0.3 is 10.6 Å². The molecule has 0 atom stereocenters. The Morgan fingerprint density at radius 1 is 1.36 bits per heavy atom. The van der Waals surface area contributed by atoms with Crippen LogP contribution in [-0.2, 0) is 4.79 Å². The van der Waals surface area contributed by atoms with Gasteiger partial charge >= 0.3 is 12.3 Å². The van der Waals surface area contributed by atoms with Crippen LogP contribution in [0.25, 0.3) is 0 Å². The van der Waals surface area contributed by atoms with E-state index in [4.69, 9.17) is 0 Å². The molecule has 0 aliphatic carbocycles. The zero-order chi connectivity index (χ0) is 10.5. The van der Waals surface area contributed by atoms with Gasteiger partial charge in [-0.2, -0.15) is 8.78 Å². The molecular weight excluding hydrogens is 228 g/mol. The van der Waals surface area contributed by atoms with E-state index in [1.54, 1.807) is 5.32 Å². The normalized spacial score (nSPS) is 11.0. The second-order valence-electron chi connectivity index (χ2n) is 2.28. The molecule has 0 fully saturated rings. The van der Waals surface area contributed by atoms with Crippen molar-refractivity contribution in [3.05, 3.63) is 0 Å². The van der Waals surface area contributed by atoms with Crippen molar-refractivity contribution in [2.75, 3.05) is 20.1 Å². The summed E-state index contributed by atoms with van der Waals surface area (Å²) in [7, 11) is 1.54. The molecule has 0 aliphatic heterocycles. The average molecular weight is 239 g/mol. The first kappa shape index (κ1) is 15.9. The van der Waals surface area contributed by atoms with Crippen molar-refractivity contribution < 1.29 is 22.4 Å². The SMILES string of the molecule is CNCCNC(=O)C(F)(F)C(F)F.Cl. The molecule has 0 aromatic heterocycles. The van der Waals surface area contributed by atoms with Crippen molar-refractivity contribution in [1.82, 2.24) is 10.6 Å². The number of likely N-dealkylation sites (N-methyl/N-ethyl adjacent to an activating group) is 1. The second-order valence-corrected chi connectivity index (χ2v) is 2.28. The molecule has 0 aromatic carbocycles. The minimum Gasteiger partial charge on any atom is -0.349 e. The molecule has 0 saturated carbocycles. The number of halogens is 5. The molecule has 0 rings (SSSR count). The first-order chi connectivity index (χ1) is 5.92. The summed E-state index contributed by atoms with van der Waals surface area (Å²) in [5.41, 5.74) is 0. The average Bonchev–Trinajstić information content (AvgIpc) is 2.04. The Morgan fingerprint density at radius 3 is 2.21 bits per heavy atom. The van der Waals surface area contributed by atoms with E-state index >= 15 is 0 Å². The highest BCUT2D eigenvalue weighted by molar-refractivity contribution is 5.85. The number of hydrogen-bond acceptors (Lipinski definition) is 2. The highest BCUT2D eigenvalue weighted by Gasteiger charge is 2.48. The molecule has 0 aliphatic rings. The third-order valence-electron chi connectivity index (χ3n) is 1.24. The van der Waals surface area contributed by atoms with Crippen molar-refractivity contribution in [2.45, 2.75) is 12.3 Å². The summed E-state index contributed by atoms with van der Waals surface area (Å²) >= 11 is 0. The minimum atomic E-state index is -4.60. The number of rotatable bonds is 5. The molecule has 2 N–H and O–H groups in total. The van der Waals surface area contributed by atoms with E-state index in [0.717, 1.165) is 0 Å². The molecule has 1 amide bonds. The lowest BCUT2D eigenvalue weighted by atomic mass is 10.3. The van der Waals surface area contributed by atoms with Gasteiger partial charge in [0.2, 0.25) is 0 Å². The number of alkyl halides is 4. The lowest BCUT2D eigenvalue weighted by Crippen LogP contribution is -2.46. The highest BCUT2D eigenvalue weighted by atomic mass is 35.5. The van der Waals surface area contributed by atoms with E-state index in [2.05, 4.69) is 5.32 Å². The molecule has 0 saturated heterocycles. The number of carbonyl (C=O) groups is 1. The van der Waals surface area contributed by atoms with Crippen LogP contribution < -0.4 is 10.6 Å². The Balaban J connectivity index is 0. The maximum atomic E-state index is 12.2. The van der Waals surface area contributed by atoms with Gasteiger partial charge in [-0.15, -0.1) is 12.4 Å². The maximum Gasteiger partial charge on any atom is 0.383 e. The van der Waals surface area contributed by atoms with Crippen LogP contribution in [0.2, 0.25) is 0 Å². The number of amides is 1. The van der Waals surface area contributed by atoms with Crippen LogP contribution >= 0.6 is 12.4 Å². The van der Waals surface area contributed by atoms with Crippen molar-refractivity contribution >= 4 is 18.3 Å². The third-order valence-corrected chi connectivity index (χ3v) is 1.24. The van der Waals surface area contributed by atoms with Gasteiger partial charge in [0, 0.05) is 13.1 Å². The van der Waals surface area contributed by atoms with Crippen LogP contribution in [-0.4, -0.2) is 38.4 Å². The fourth-order valence-electron chi connectivity index (χ4n) is 0.518. The summed E-state index contributed by atoms with van der Waals surface area (Å²) in [6.45, 7) is 0.128. The van der Waals surface area contributed by atoms with Gasteiger partial charge in [-0.3, -0.25) is 4.79 Å². The molecule has 8 heteroatoms. The summed E-state index contributed by atoms with van der Waals surface area (Å²) < 4.78 is 47.5. The van der Waals surface area contributed by atoms with Gasteiger partial charge in [0.15, 0.2) is 0 Å². The summed E-state index contributed by atoms with van der Waals surface area (Å²) in [4.78, 5) is 10.4. The lowest BCUT2D eigenvalue weighted by molar-refractivity contribution is -0.169. The highest BCUT2D eigenvalue weighted by Crippen LogP contribution is 2.22. The van der Waals surface area contributed by atoms with Crippen molar-refractivity contribution in [2.24, 2.45) is 0 Å². The van der Waals surface area contributed by atoms with Gasteiger partial charge in [-0.25, -0.2) is 8.78 Å². The summed E-state index contributed by atoms with van der Waals surface area (Å²) in [5.74, 6) is -6.55. The molecule has 0 unspecified atom stereocenters. The number of carbonyl (C=O) groups excluding carboxylic acids is 1. The zero-order valence-corrected chi connectivity index (χ0v) is 8.14. The molecule has 0 heterocycles. The molecule has 14 heavy (non-hydrogen) atoms. The lowest BCUT2D eigenvalue weighted by Gasteiger charge is -2.14. The first-order valence-corrected chi connectivity index (χ1v) is 3.51. The molecule has 0 aromatic rings. The quantitative estimate of drug-likeness (QED) is 0.545. The molecule has 0 radical (unpaired) electrons. The van der Waals surface area contributed by atoms with Gasteiger partial charge in [0.25, 0.3) is 5.91 Å². The number of hydrogen-bond donors (Lipinski definition) is 2. The fraction of sp³-hybridized carbons (Fsp3) is 0.833. The Bertz CT molecular complexity index is 179. The van der Waals surface area contributed by atoms with Crippen molar-refractivity contribution in [1.29, 1.82) is 0 Å². The maximum absolute atomic E-state index is 12.2. The summed E-state index contributed by atoms with van der Waals surface area (Å²) in [5, 5.41) is 4.23. The standard InChI is InChI=1S/C6H10F4N2O.ClH/c1-11-2-3-12-5(13)6(9,10)4(7)8;/h4,11H,2-3H2,1H3,(H,12,13);1H. The predicted molar refractivity (Wildman–Crippen MR) is 45.1 cm³/mol. The van der Waals surface area contributed by atoms with Gasteiger partial charge in [-0.1, -0.05) is 0 Å². The van der Waals surface area contributed by atoms with E-state index in [9.17, 15) is 22.4 Å². The Labute approximate surface area is 84.6 Å². The van der Waals surface area contributed by atoms with Crippen molar-refractivity contribution in [3.63, 3.8) is 0 Å². The molecule has 0 bridgehead atoms. The van der Waals surface area contributed by atoms with E-state index in [1.807, 2.05) is 0 Å². The first-order valence-electron chi connectivity index (χ1n) is 3.51. The smallest absolute Gasteiger partial charge is 0.349 e. The molecular formula is C6H11ClF4N2O.